The van der Waals surface area contributed by atoms with Crippen LogP contribution >= 0.6 is 0 Å². The van der Waals surface area contributed by atoms with Gasteiger partial charge >= 0.3 is 0 Å². The summed E-state index contributed by atoms with van der Waals surface area (Å²) in [5.74, 6) is 0.219. The molecule has 1 N–H and O–H groups in total. The van der Waals surface area contributed by atoms with Crippen LogP contribution in [-0.4, -0.2) is 53.1 Å². The van der Waals surface area contributed by atoms with E-state index in [2.05, 4.69) is 20.2 Å². The molecule has 0 bridgehead atoms. The molecule has 0 saturated carbocycles. The second-order valence-electron chi connectivity index (χ2n) is 6.88. The Morgan fingerprint density at radius 2 is 2.19 bits per heavy atom. The number of hydrogen-bond donors (Lipinski definition) is 1. The first-order chi connectivity index (χ1) is 12.7. The monoisotopic (exact) mass is 356 g/mol. The number of aromatic nitrogens is 2. The van der Waals surface area contributed by atoms with Crippen molar-refractivity contribution in [2.45, 2.75) is 12.6 Å². The van der Waals surface area contributed by atoms with Crippen LogP contribution < -0.4 is 5.32 Å². The predicted octanol–water partition coefficient (Wildman–Crippen LogP) is 1.49. The Hall–Kier alpha value is -2.38. The fourth-order valence-electron chi connectivity index (χ4n) is 3.82. The van der Waals surface area contributed by atoms with Gasteiger partial charge in [-0.25, -0.2) is 9.37 Å². The van der Waals surface area contributed by atoms with Crippen LogP contribution in [0.15, 0.2) is 42.9 Å². The second kappa shape index (κ2) is 7.47. The molecule has 26 heavy (non-hydrogen) atoms. The number of benzene rings is 1. The number of nitrogens with zero attached hydrogens (tertiary/aromatic N) is 3. The molecule has 0 radical (unpaired) electrons. The standard InChI is InChI=1S/C19H21FN4O2/c20-16-4-2-1-3-13(16)9-24-10-15-14(12-26-18(15)11-24)7-23-19(25)17-8-21-5-6-22-17/h1-6,8,14-15,18H,7,9-12H2,(H,23,25)/t14-,15+,18+/m1/s1. The van der Waals surface area contributed by atoms with Crippen molar-refractivity contribution in [1.82, 2.24) is 20.2 Å². The third-order valence-corrected chi connectivity index (χ3v) is 5.19. The minimum atomic E-state index is -0.220. The molecule has 1 aromatic heterocycles. The molecule has 136 valence electrons. The molecule has 1 amide bonds. The maximum Gasteiger partial charge on any atom is 0.271 e. The summed E-state index contributed by atoms with van der Waals surface area (Å²) in [7, 11) is 0. The van der Waals surface area contributed by atoms with E-state index in [1.165, 1.54) is 24.7 Å². The number of rotatable bonds is 5. The number of nitrogens with one attached hydrogen (secondary N) is 1. The summed E-state index contributed by atoms with van der Waals surface area (Å²) in [6.07, 6.45) is 4.64. The fourth-order valence-corrected chi connectivity index (χ4v) is 3.82. The lowest BCUT2D eigenvalue weighted by molar-refractivity contribution is 0.0900. The third kappa shape index (κ3) is 3.59. The summed E-state index contributed by atoms with van der Waals surface area (Å²) < 4.78 is 19.8. The normalized spacial score (nSPS) is 25.2. The van der Waals surface area contributed by atoms with Crippen LogP contribution in [0.2, 0.25) is 0 Å². The van der Waals surface area contributed by atoms with Gasteiger partial charge in [-0.3, -0.25) is 14.7 Å². The number of halogens is 1. The smallest absolute Gasteiger partial charge is 0.271 e. The van der Waals surface area contributed by atoms with E-state index in [1.807, 2.05) is 12.1 Å². The molecule has 3 heterocycles. The molecule has 0 aliphatic carbocycles. The van der Waals surface area contributed by atoms with Crippen molar-refractivity contribution in [3.8, 4) is 0 Å². The average molecular weight is 356 g/mol. The highest BCUT2D eigenvalue weighted by molar-refractivity contribution is 5.91. The van der Waals surface area contributed by atoms with Crippen LogP contribution in [-0.2, 0) is 11.3 Å². The third-order valence-electron chi connectivity index (χ3n) is 5.19. The predicted molar refractivity (Wildman–Crippen MR) is 92.8 cm³/mol. The summed E-state index contributed by atoms with van der Waals surface area (Å²) in [5, 5.41) is 2.93. The van der Waals surface area contributed by atoms with E-state index in [9.17, 15) is 9.18 Å². The lowest BCUT2D eigenvalue weighted by Crippen LogP contribution is -2.34. The maximum atomic E-state index is 13.9. The topological polar surface area (TPSA) is 67.3 Å². The van der Waals surface area contributed by atoms with Gasteiger partial charge in [0, 0.05) is 56.0 Å². The van der Waals surface area contributed by atoms with Crippen molar-refractivity contribution < 1.29 is 13.9 Å². The molecule has 0 unspecified atom stereocenters. The molecule has 4 rings (SSSR count). The van der Waals surface area contributed by atoms with Gasteiger partial charge in [0.05, 0.1) is 18.9 Å². The van der Waals surface area contributed by atoms with Gasteiger partial charge in [-0.15, -0.1) is 0 Å². The zero-order valence-electron chi connectivity index (χ0n) is 14.3. The zero-order chi connectivity index (χ0) is 17.9. The van der Waals surface area contributed by atoms with E-state index < -0.39 is 0 Å². The number of amides is 1. The van der Waals surface area contributed by atoms with E-state index in [4.69, 9.17) is 4.74 Å². The largest absolute Gasteiger partial charge is 0.376 e. The molecule has 2 aliphatic rings. The Labute approximate surface area is 151 Å². The Kier molecular flexibility index (Phi) is 4.90. The second-order valence-corrected chi connectivity index (χ2v) is 6.88. The van der Waals surface area contributed by atoms with Gasteiger partial charge in [0.1, 0.15) is 11.5 Å². The summed E-state index contributed by atoms with van der Waals surface area (Å²) >= 11 is 0. The van der Waals surface area contributed by atoms with Crippen molar-refractivity contribution in [2.24, 2.45) is 11.8 Å². The summed E-state index contributed by atoms with van der Waals surface area (Å²) in [4.78, 5) is 22.3. The number of carbonyl (C=O) groups is 1. The number of ether oxygens (including phenoxy) is 1. The molecule has 2 fully saturated rings. The fraction of sp³-hybridized carbons (Fsp3) is 0.421. The molecule has 6 nitrogen and oxygen atoms in total. The van der Waals surface area contributed by atoms with E-state index in [0.29, 0.717) is 36.9 Å². The van der Waals surface area contributed by atoms with Gasteiger partial charge in [0.15, 0.2) is 0 Å². The van der Waals surface area contributed by atoms with Gasteiger partial charge < -0.3 is 10.1 Å². The highest BCUT2D eigenvalue weighted by Crippen LogP contribution is 2.34. The van der Waals surface area contributed by atoms with Gasteiger partial charge in [-0.05, 0) is 6.07 Å². The summed E-state index contributed by atoms with van der Waals surface area (Å²) in [6.45, 7) is 3.42. The maximum absolute atomic E-state index is 13.9. The van der Waals surface area contributed by atoms with Crippen LogP contribution in [0.1, 0.15) is 16.1 Å². The van der Waals surface area contributed by atoms with Crippen molar-refractivity contribution in [1.29, 1.82) is 0 Å². The number of hydrogen-bond acceptors (Lipinski definition) is 5. The summed E-state index contributed by atoms with van der Waals surface area (Å²) in [6, 6.07) is 6.88. The van der Waals surface area contributed by atoms with Gasteiger partial charge in [-0.2, -0.15) is 0 Å². The van der Waals surface area contributed by atoms with E-state index in [-0.39, 0.29) is 23.7 Å². The Balaban J connectivity index is 1.32. The van der Waals surface area contributed by atoms with Gasteiger partial charge in [0.25, 0.3) is 5.91 Å². The van der Waals surface area contributed by atoms with Crippen LogP contribution in [0.4, 0.5) is 4.39 Å². The lowest BCUT2D eigenvalue weighted by Gasteiger charge is -2.20. The molecule has 7 heteroatoms. The molecule has 1 aromatic carbocycles. The molecule has 2 aromatic rings. The highest BCUT2D eigenvalue weighted by atomic mass is 19.1. The van der Waals surface area contributed by atoms with Crippen LogP contribution in [0.5, 0.6) is 0 Å². The number of carbonyl (C=O) groups excluding carboxylic acids is 1. The Morgan fingerprint density at radius 1 is 1.31 bits per heavy atom. The highest BCUT2D eigenvalue weighted by Gasteiger charge is 2.43. The van der Waals surface area contributed by atoms with Crippen molar-refractivity contribution in [3.05, 3.63) is 59.9 Å². The first kappa shape index (κ1) is 17.1. The van der Waals surface area contributed by atoms with Crippen molar-refractivity contribution in [3.63, 3.8) is 0 Å². The minimum absolute atomic E-state index is 0.153. The molecular weight excluding hydrogens is 335 g/mol. The Morgan fingerprint density at radius 3 is 3.00 bits per heavy atom. The van der Waals surface area contributed by atoms with Crippen molar-refractivity contribution in [2.75, 3.05) is 26.2 Å². The number of likely N-dealkylation sites (tertiary alicyclic amines) is 1. The lowest BCUT2D eigenvalue weighted by atomic mass is 9.93. The molecule has 3 atom stereocenters. The zero-order valence-corrected chi connectivity index (χ0v) is 14.3. The van der Waals surface area contributed by atoms with Crippen LogP contribution in [0.3, 0.4) is 0 Å². The first-order valence-corrected chi connectivity index (χ1v) is 8.82. The molecule has 2 saturated heterocycles. The van der Waals surface area contributed by atoms with Gasteiger partial charge in [-0.1, -0.05) is 18.2 Å². The molecule has 2 aliphatic heterocycles. The van der Waals surface area contributed by atoms with Crippen LogP contribution in [0.25, 0.3) is 0 Å². The minimum Gasteiger partial charge on any atom is -0.376 e. The van der Waals surface area contributed by atoms with E-state index >= 15 is 0 Å². The van der Waals surface area contributed by atoms with Gasteiger partial charge in [0.2, 0.25) is 0 Å². The SMILES string of the molecule is O=C(NC[C@@H]1CO[C@H]2CN(Cc3ccccc3F)C[C@@H]12)c1cnccn1. The average Bonchev–Trinajstić information content (AvgIpc) is 3.23. The quantitative estimate of drug-likeness (QED) is 0.879. The van der Waals surface area contributed by atoms with E-state index in [1.54, 1.807) is 6.07 Å². The Bertz CT molecular complexity index is 773. The van der Waals surface area contributed by atoms with Crippen molar-refractivity contribution >= 4 is 5.91 Å². The van der Waals surface area contributed by atoms with E-state index in [0.717, 1.165) is 13.1 Å². The first-order valence-electron chi connectivity index (χ1n) is 8.82. The molecular formula is C19H21FN4O2. The van der Waals surface area contributed by atoms with Crippen LogP contribution in [0, 0.1) is 17.7 Å². The molecule has 0 spiro atoms. The number of fused-ring (bicyclic) bond motifs is 1. The summed E-state index contributed by atoms with van der Waals surface area (Å²) in [5.41, 5.74) is 1.02.